The number of halogens is 1. The quantitative estimate of drug-likeness (QED) is 0.656. The maximum Gasteiger partial charge on any atom is 0.223 e. The van der Waals surface area contributed by atoms with Crippen LogP contribution in [0.3, 0.4) is 0 Å². The third-order valence-electron chi connectivity index (χ3n) is 3.95. The van der Waals surface area contributed by atoms with Gasteiger partial charge in [-0.3, -0.25) is 4.79 Å². The van der Waals surface area contributed by atoms with Crippen LogP contribution in [0.5, 0.6) is 0 Å². The Bertz CT molecular complexity index is 276. The van der Waals surface area contributed by atoms with Gasteiger partial charge in [0.1, 0.15) is 0 Å². The summed E-state index contributed by atoms with van der Waals surface area (Å²) in [5, 5.41) is 8.93. The van der Waals surface area contributed by atoms with E-state index in [2.05, 4.69) is 18.7 Å². The van der Waals surface area contributed by atoms with E-state index < -0.39 is 0 Å². The molecule has 5 heteroatoms. The number of nitrogens with zero attached hydrogens (tertiary/aromatic N) is 2. The van der Waals surface area contributed by atoms with Gasteiger partial charge in [0.15, 0.2) is 0 Å². The molecule has 0 aromatic carbocycles. The zero-order valence-corrected chi connectivity index (χ0v) is 12.9. The lowest BCUT2D eigenvalue weighted by Crippen LogP contribution is -2.35. The van der Waals surface area contributed by atoms with E-state index in [0.717, 1.165) is 39.0 Å². The van der Waals surface area contributed by atoms with Gasteiger partial charge in [0.2, 0.25) is 5.91 Å². The zero-order chi connectivity index (χ0) is 14.3. The summed E-state index contributed by atoms with van der Waals surface area (Å²) in [5.41, 5.74) is 0. The lowest BCUT2D eigenvalue weighted by molar-refractivity contribution is -0.129. The molecule has 1 heterocycles. The van der Waals surface area contributed by atoms with Crippen LogP contribution in [0.25, 0.3) is 0 Å². The fourth-order valence-electron chi connectivity index (χ4n) is 2.67. The van der Waals surface area contributed by atoms with E-state index in [4.69, 9.17) is 16.7 Å². The van der Waals surface area contributed by atoms with Gasteiger partial charge in [0, 0.05) is 31.4 Å². The minimum atomic E-state index is 0.214. The summed E-state index contributed by atoms with van der Waals surface area (Å²) in [4.78, 5) is 16.1. The topological polar surface area (TPSA) is 43.8 Å². The van der Waals surface area contributed by atoms with Crippen LogP contribution >= 0.6 is 11.6 Å². The molecule has 0 bridgehead atoms. The predicted molar refractivity (Wildman–Crippen MR) is 78.4 cm³/mol. The van der Waals surface area contributed by atoms with E-state index in [1.807, 2.05) is 4.90 Å². The van der Waals surface area contributed by atoms with Crippen molar-refractivity contribution in [1.82, 2.24) is 9.80 Å². The monoisotopic (exact) mass is 290 g/mol. The summed E-state index contributed by atoms with van der Waals surface area (Å²) in [6, 6.07) is 0.300. The molecule has 1 fully saturated rings. The molecule has 0 aromatic rings. The number of likely N-dealkylation sites (tertiary alicyclic amines) is 1. The standard InChI is InChI=1S/C14H27ClN2O2/c1-3-16(7-8-18)6-4-5-12(2)17-11-13(10-15)9-14(17)19/h12-13,18H,3-11H2,1-2H3. The number of carbonyl (C=O) groups excluding carboxylic acids is 1. The Balaban J connectivity index is 2.27. The van der Waals surface area contributed by atoms with Crippen molar-refractivity contribution in [3.05, 3.63) is 0 Å². The number of aliphatic hydroxyl groups excluding tert-OH is 1. The molecule has 2 unspecified atom stereocenters. The van der Waals surface area contributed by atoms with Crippen molar-refractivity contribution in [2.45, 2.75) is 39.2 Å². The van der Waals surface area contributed by atoms with Crippen LogP contribution < -0.4 is 0 Å². The smallest absolute Gasteiger partial charge is 0.223 e. The Morgan fingerprint density at radius 2 is 2.26 bits per heavy atom. The Hall–Kier alpha value is -0.320. The molecule has 0 aromatic heterocycles. The summed E-state index contributed by atoms with van der Waals surface area (Å²) in [6.07, 6.45) is 2.69. The highest BCUT2D eigenvalue weighted by atomic mass is 35.5. The maximum atomic E-state index is 11.9. The van der Waals surface area contributed by atoms with Gasteiger partial charge in [-0.1, -0.05) is 6.92 Å². The van der Waals surface area contributed by atoms with Gasteiger partial charge >= 0.3 is 0 Å². The van der Waals surface area contributed by atoms with E-state index in [1.165, 1.54) is 0 Å². The van der Waals surface area contributed by atoms with E-state index in [-0.39, 0.29) is 12.5 Å². The minimum absolute atomic E-state index is 0.214. The Kier molecular flexibility index (Phi) is 7.73. The van der Waals surface area contributed by atoms with Gasteiger partial charge in [0.25, 0.3) is 0 Å². The second-order valence-electron chi connectivity index (χ2n) is 5.42. The van der Waals surface area contributed by atoms with Crippen LogP contribution in [0.15, 0.2) is 0 Å². The number of alkyl halides is 1. The largest absolute Gasteiger partial charge is 0.395 e. The molecule has 1 aliphatic heterocycles. The zero-order valence-electron chi connectivity index (χ0n) is 12.1. The van der Waals surface area contributed by atoms with E-state index in [9.17, 15) is 4.79 Å². The van der Waals surface area contributed by atoms with Gasteiger partial charge in [0.05, 0.1) is 6.61 Å². The normalized spacial score (nSPS) is 21.4. The van der Waals surface area contributed by atoms with E-state index in [1.54, 1.807) is 0 Å². The fourth-order valence-corrected chi connectivity index (χ4v) is 2.88. The highest BCUT2D eigenvalue weighted by Gasteiger charge is 2.31. The predicted octanol–water partition coefficient (Wildman–Crippen LogP) is 1.56. The van der Waals surface area contributed by atoms with Crippen LogP contribution in [-0.4, -0.2) is 65.5 Å². The highest BCUT2D eigenvalue weighted by molar-refractivity contribution is 6.18. The van der Waals surface area contributed by atoms with Crippen LogP contribution in [0.1, 0.15) is 33.1 Å². The number of rotatable bonds is 9. The molecule has 112 valence electrons. The Morgan fingerprint density at radius 1 is 1.53 bits per heavy atom. The van der Waals surface area contributed by atoms with Crippen LogP contribution in [0, 0.1) is 5.92 Å². The molecule has 0 spiro atoms. The average Bonchev–Trinajstić information content (AvgIpc) is 2.79. The van der Waals surface area contributed by atoms with Crippen molar-refractivity contribution >= 4 is 17.5 Å². The Morgan fingerprint density at radius 3 is 2.79 bits per heavy atom. The minimum Gasteiger partial charge on any atom is -0.395 e. The SMILES string of the molecule is CCN(CCO)CCCC(C)N1CC(CCl)CC1=O. The van der Waals surface area contributed by atoms with Gasteiger partial charge in [-0.15, -0.1) is 11.6 Å². The highest BCUT2D eigenvalue weighted by Crippen LogP contribution is 2.22. The number of hydrogen-bond donors (Lipinski definition) is 1. The molecule has 0 aliphatic carbocycles. The molecule has 1 rings (SSSR count). The third-order valence-corrected chi connectivity index (χ3v) is 4.38. The molecular weight excluding hydrogens is 264 g/mol. The van der Waals surface area contributed by atoms with Crippen molar-refractivity contribution in [2.24, 2.45) is 5.92 Å². The Labute approximate surface area is 121 Å². The van der Waals surface area contributed by atoms with Crippen LogP contribution in [0.4, 0.5) is 0 Å². The van der Waals surface area contributed by atoms with Crippen molar-refractivity contribution in [3.63, 3.8) is 0 Å². The molecular formula is C14H27ClN2O2. The van der Waals surface area contributed by atoms with Crippen LogP contribution in [0.2, 0.25) is 0 Å². The van der Waals surface area contributed by atoms with Gasteiger partial charge < -0.3 is 14.9 Å². The molecule has 1 amide bonds. The number of aliphatic hydroxyl groups is 1. The second kappa shape index (κ2) is 8.77. The molecule has 2 atom stereocenters. The number of amides is 1. The summed E-state index contributed by atoms with van der Waals surface area (Å²) in [5.74, 6) is 1.16. The molecule has 1 aliphatic rings. The summed E-state index contributed by atoms with van der Waals surface area (Å²) in [7, 11) is 0. The van der Waals surface area contributed by atoms with E-state index in [0.29, 0.717) is 24.3 Å². The molecule has 1 N–H and O–H groups in total. The first-order valence-electron chi connectivity index (χ1n) is 7.31. The first-order valence-corrected chi connectivity index (χ1v) is 7.84. The summed E-state index contributed by atoms with van der Waals surface area (Å²) < 4.78 is 0. The summed E-state index contributed by atoms with van der Waals surface area (Å²) in [6.45, 7) is 7.95. The maximum absolute atomic E-state index is 11.9. The lowest BCUT2D eigenvalue weighted by atomic mass is 10.1. The number of hydrogen-bond acceptors (Lipinski definition) is 3. The summed E-state index contributed by atoms with van der Waals surface area (Å²) >= 11 is 5.83. The lowest BCUT2D eigenvalue weighted by Gasteiger charge is -2.26. The molecule has 1 saturated heterocycles. The number of carbonyl (C=O) groups is 1. The van der Waals surface area contributed by atoms with Gasteiger partial charge in [-0.2, -0.15) is 0 Å². The van der Waals surface area contributed by atoms with Gasteiger partial charge in [-0.05, 0) is 38.8 Å². The third kappa shape index (κ3) is 5.28. The van der Waals surface area contributed by atoms with Crippen molar-refractivity contribution < 1.29 is 9.90 Å². The van der Waals surface area contributed by atoms with E-state index >= 15 is 0 Å². The van der Waals surface area contributed by atoms with Crippen molar-refractivity contribution in [1.29, 1.82) is 0 Å². The molecule has 4 nitrogen and oxygen atoms in total. The van der Waals surface area contributed by atoms with Crippen LogP contribution in [-0.2, 0) is 4.79 Å². The first-order chi connectivity index (χ1) is 9.12. The number of likely N-dealkylation sites (N-methyl/N-ethyl adjacent to an activating group) is 1. The van der Waals surface area contributed by atoms with Gasteiger partial charge in [-0.25, -0.2) is 0 Å². The van der Waals surface area contributed by atoms with Crippen molar-refractivity contribution in [3.8, 4) is 0 Å². The first kappa shape index (κ1) is 16.7. The molecule has 19 heavy (non-hydrogen) atoms. The fraction of sp³-hybridized carbons (Fsp3) is 0.929. The average molecular weight is 291 g/mol. The molecule has 0 saturated carbocycles. The second-order valence-corrected chi connectivity index (χ2v) is 5.73. The molecule has 0 radical (unpaired) electrons. The van der Waals surface area contributed by atoms with Crippen molar-refractivity contribution in [2.75, 3.05) is 38.7 Å².